The SMILES string of the molecule is C=Cc1cccc2c1CC[C@H]2Cn1cnc(-c2cc(-c3n[nH]nc3C(F)(F)F)ccn2)c1. The van der Waals surface area contributed by atoms with Crippen molar-refractivity contribution in [2.45, 2.75) is 31.5 Å². The smallest absolute Gasteiger partial charge is 0.336 e. The summed E-state index contributed by atoms with van der Waals surface area (Å²) in [6, 6.07) is 9.32. The Hall–Kier alpha value is -3.75. The Morgan fingerprint density at radius 2 is 2.03 bits per heavy atom. The molecular formula is C23H19F3N6. The molecule has 4 aromatic rings. The molecule has 9 heteroatoms. The largest absolute Gasteiger partial charge is 0.437 e. The lowest BCUT2D eigenvalue weighted by atomic mass is 9.98. The Morgan fingerprint density at radius 1 is 1.16 bits per heavy atom. The van der Waals surface area contributed by atoms with Crippen molar-refractivity contribution in [3.63, 3.8) is 0 Å². The molecule has 0 bridgehead atoms. The van der Waals surface area contributed by atoms with Crippen molar-refractivity contribution in [3.05, 3.63) is 78.0 Å². The van der Waals surface area contributed by atoms with E-state index >= 15 is 0 Å². The molecule has 1 atom stereocenters. The van der Waals surface area contributed by atoms with Crippen molar-refractivity contribution in [2.75, 3.05) is 0 Å². The van der Waals surface area contributed by atoms with Gasteiger partial charge >= 0.3 is 6.18 Å². The van der Waals surface area contributed by atoms with Crippen LogP contribution in [0.5, 0.6) is 0 Å². The molecule has 0 unspecified atom stereocenters. The number of rotatable bonds is 5. The number of hydrogen-bond donors (Lipinski definition) is 1. The Bertz CT molecular complexity index is 1290. The fourth-order valence-electron chi connectivity index (χ4n) is 4.34. The van der Waals surface area contributed by atoms with Gasteiger partial charge in [0.1, 0.15) is 11.4 Å². The third-order valence-electron chi connectivity index (χ3n) is 5.83. The Morgan fingerprint density at radius 3 is 2.84 bits per heavy atom. The van der Waals surface area contributed by atoms with Crippen molar-refractivity contribution in [2.24, 2.45) is 0 Å². The zero-order valence-electron chi connectivity index (χ0n) is 17.0. The molecule has 0 fully saturated rings. The van der Waals surface area contributed by atoms with Gasteiger partial charge in [-0.1, -0.05) is 30.9 Å². The Kier molecular flexibility index (Phi) is 4.88. The van der Waals surface area contributed by atoms with Crippen LogP contribution in [0.15, 0.2) is 55.6 Å². The van der Waals surface area contributed by atoms with Crippen LogP contribution >= 0.6 is 0 Å². The number of pyridine rings is 1. The lowest BCUT2D eigenvalue weighted by Gasteiger charge is -2.12. The van der Waals surface area contributed by atoms with Gasteiger partial charge in [0.25, 0.3) is 0 Å². The van der Waals surface area contributed by atoms with Crippen LogP contribution in [0, 0.1) is 0 Å². The van der Waals surface area contributed by atoms with E-state index in [-0.39, 0.29) is 11.3 Å². The van der Waals surface area contributed by atoms with Crippen LogP contribution in [0.1, 0.15) is 34.7 Å². The van der Waals surface area contributed by atoms with Gasteiger partial charge in [0.05, 0.1) is 12.0 Å². The van der Waals surface area contributed by atoms with E-state index in [1.54, 1.807) is 12.4 Å². The van der Waals surface area contributed by atoms with Crippen molar-refractivity contribution in [3.8, 4) is 22.6 Å². The quantitative estimate of drug-likeness (QED) is 0.471. The van der Waals surface area contributed by atoms with Crippen molar-refractivity contribution < 1.29 is 13.2 Å². The van der Waals surface area contributed by atoms with Crippen LogP contribution in [0.4, 0.5) is 13.2 Å². The van der Waals surface area contributed by atoms with Gasteiger partial charge in [-0.05, 0) is 41.7 Å². The lowest BCUT2D eigenvalue weighted by Crippen LogP contribution is -2.07. The molecule has 0 radical (unpaired) electrons. The summed E-state index contributed by atoms with van der Waals surface area (Å²) in [4.78, 5) is 8.72. The van der Waals surface area contributed by atoms with E-state index in [9.17, 15) is 13.2 Å². The maximum atomic E-state index is 13.2. The van der Waals surface area contributed by atoms with Crippen LogP contribution < -0.4 is 0 Å². The molecule has 3 aromatic heterocycles. The minimum Gasteiger partial charge on any atom is -0.336 e. The van der Waals surface area contributed by atoms with E-state index in [1.165, 1.54) is 29.0 Å². The molecule has 0 spiro atoms. The molecule has 162 valence electrons. The average Bonchev–Trinajstić information content (AvgIpc) is 3.53. The predicted octanol–water partition coefficient (Wildman–Crippen LogP) is 5.12. The Labute approximate surface area is 181 Å². The number of aromatic amines is 1. The van der Waals surface area contributed by atoms with Crippen LogP contribution in [0.25, 0.3) is 28.7 Å². The molecule has 0 saturated heterocycles. The van der Waals surface area contributed by atoms with Crippen LogP contribution in [0.3, 0.4) is 0 Å². The van der Waals surface area contributed by atoms with Crippen molar-refractivity contribution in [1.29, 1.82) is 0 Å². The highest BCUT2D eigenvalue weighted by Crippen LogP contribution is 2.37. The Balaban J connectivity index is 1.40. The first-order chi connectivity index (χ1) is 15.4. The summed E-state index contributed by atoms with van der Waals surface area (Å²) in [7, 11) is 0. The third kappa shape index (κ3) is 3.59. The van der Waals surface area contributed by atoms with Crippen LogP contribution in [0.2, 0.25) is 0 Å². The first-order valence-electron chi connectivity index (χ1n) is 10.1. The van der Waals surface area contributed by atoms with Gasteiger partial charge in [0, 0.05) is 30.4 Å². The first-order valence-corrected chi connectivity index (χ1v) is 10.1. The fraction of sp³-hybridized carbons (Fsp3) is 0.217. The molecular weight excluding hydrogens is 417 g/mol. The highest BCUT2D eigenvalue weighted by Gasteiger charge is 2.38. The number of nitrogens with one attached hydrogen (secondary N) is 1. The van der Waals surface area contributed by atoms with Gasteiger partial charge in [-0.2, -0.15) is 28.6 Å². The van der Waals surface area contributed by atoms with Gasteiger partial charge in [0.2, 0.25) is 0 Å². The van der Waals surface area contributed by atoms with E-state index in [1.807, 2.05) is 16.8 Å². The zero-order valence-corrected chi connectivity index (χ0v) is 17.0. The maximum Gasteiger partial charge on any atom is 0.437 e. The normalized spacial score (nSPS) is 15.7. The minimum absolute atomic E-state index is 0.263. The number of alkyl halides is 3. The zero-order chi connectivity index (χ0) is 22.3. The summed E-state index contributed by atoms with van der Waals surface area (Å²) in [5, 5.41) is 8.99. The number of halogens is 3. The van der Waals surface area contributed by atoms with Gasteiger partial charge in [-0.15, -0.1) is 0 Å². The molecule has 1 N–H and O–H groups in total. The highest BCUT2D eigenvalue weighted by atomic mass is 19.4. The number of H-pyrrole nitrogens is 1. The fourth-order valence-corrected chi connectivity index (χ4v) is 4.34. The third-order valence-corrected chi connectivity index (χ3v) is 5.83. The molecule has 0 amide bonds. The average molecular weight is 436 g/mol. The van der Waals surface area contributed by atoms with Crippen LogP contribution in [-0.4, -0.2) is 29.9 Å². The molecule has 0 saturated carbocycles. The van der Waals surface area contributed by atoms with Crippen LogP contribution in [-0.2, 0) is 19.1 Å². The number of hydrogen-bond acceptors (Lipinski definition) is 4. The highest BCUT2D eigenvalue weighted by molar-refractivity contribution is 5.67. The number of imidazole rings is 1. The minimum atomic E-state index is -4.60. The molecule has 0 aliphatic heterocycles. The summed E-state index contributed by atoms with van der Waals surface area (Å²) < 4.78 is 41.5. The molecule has 32 heavy (non-hydrogen) atoms. The summed E-state index contributed by atoms with van der Waals surface area (Å²) in [6.07, 6.45) is 4.42. The number of aromatic nitrogens is 6. The van der Waals surface area contributed by atoms with Crippen molar-refractivity contribution in [1.82, 2.24) is 29.9 Å². The maximum absolute atomic E-state index is 13.2. The second-order valence-electron chi connectivity index (χ2n) is 7.76. The van der Waals surface area contributed by atoms with E-state index in [4.69, 9.17) is 0 Å². The molecule has 1 aliphatic rings. The van der Waals surface area contributed by atoms with Gasteiger partial charge in [-0.3, -0.25) is 4.98 Å². The molecule has 5 rings (SSSR count). The molecule has 1 aliphatic carbocycles. The summed E-state index contributed by atoms with van der Waals surface area (Å²) in [6.45, 7) is 4.67. The summed E-state index contributed by atoms with van der Waals surface area (Å²) >= 11 is 0. The van der Waals surface area contributed by atoms with Gasteiger partial charge in [-0.25, -0.2) is 4.98 Å². The van der Waals surface area contributed by atoms with Gasteiger partial charge < -0.3 is 4.57 Å². The number of fused-ring (bicyclic) bond motifs is 1. The first kappa shape index (κ1) is 20.2. The lowest BCUT2D eigenvalue weighted by molar-refractivity contribution is -0.140. The van der Waals surface area contributed by atoms with Crippen molar-refractivity contribution >= 4 is 6.08 Å². The van der Waals surface area contributed by atoms with E-state index in [0.717, 1.165) is 19.4 Å². The summed E-state index contributed by atoms with van der Waals surface area (Å²) in [5.74, 6) is 0.371. The number of nitrogens with zero attached hydrogens (tertiary/aromatic N) is 5. The van der Waals surface area contributed by atoms with E-state index in [0.29, 0.717) is 17.3 Å². The topological polar surface area (TPSA) is 72.3 Å². The second-order valence-corrected chi connectivity index (χ2v) is 7.76. The summed E-state index contributed by atoms with van der Waals surface area (Å²) in [5.41, 5.74) is 3.88. The molecule has 1 aromatic carbocycles. The van der Waals surface area contributed by atoms with E-state index < -0.39 is 11.9 Å². The monoisotopic (exact) mass is 436 g/mol. The molecule has 3 heterocycles. The van der Waals surface area contributed by atoms with E-state index in [2.05, 4.69) is 50.2 Å². The molecule has 6 nitrogen and oxygen atoms in total. The second kappa shape index (κ2) is 7.74. The predicted molar refractivity (Wildman–Crippen MR) is 113 cm³/mol. The number of benzene rings is 1. The standard InChI is InChI=1S/C23H19F3N6/c1-2-14-4-3-5-17-16(6-7-18(14)17)11-32-12-20(28-13-32)19-10-15(8-9-27-19)21-22(23(24,25)26)30-31-29-21/h2-5,8-10,12-13,16H,1,6-7,11H2,(H,29,30,31)/t16-/m0/s1. The van der Waals surface area contributed by atoms with Gasteiger partial charge in [0.15, 0.2) is 5.69 Å².